The van der Waals surface area contributed by atoms with Crippen molar-refractivity contribution in [3.05, 3.63) is 141 Å². The van der Waals surface area contributed by atoms with Crippen LogP contribution >= 0.6 is 0 Å². The molecule has 2 unspecified atom stereocenters. The molecule has 5 aliphatic heterocycles. The second kappa shape index (κ2) is 16.3. The fraction of sp³-hybridized carbons (Fsp3) is 0.289. The third-order valence-electron chi connectivity index (χ3n) is 12.2. The maximum atomic E-state index is 14.3. The van der Waals surface area contributed by atoms with E-state index in [2.05, 4.69) is 20.6 Å². The van der Waals surface area contributed by atoms with Crippen LogP contribution in [0.3, 0.4) is 0 Å². The number of amides is 6. The molecule has 2 aromatic heterocycles. The number of hydrogen-bond donors (Lipinski definition) is 2. The summed E-state index contributed by atoms with van der Waals surface area (Å²) in [5, 5.41) is 24.6. The first kappa shape index (κ1) is 43.5. The van der Waals surface area contributed by atoms with Gasteiger partial charge in [-0.2, -0.15) is 36.9 Å². The smallest absolute Gasteiger partial charge is 0.333 e. The minimum atomic E-state index is -4.69. The van der Waals surface area contributed by atoms with E-state index in [9.17, 15) is 56.0 Å². The summed E-state index contributed by atoms with van der Waals surface area (Å²) in [6, 6.07) is 16.1. The third kappa shape index (κ3) is 7.50. The molecule has 7 heterocycles. The molecule has 0 saturated carbocycles. The fourth-order valence-electron chi connectivity index (χ4n) is 9.03. The Labute approximate surface area is 371 Å². The van der Waals surface area contributed by atoms with Gasteiger partial charge in [0, 0.05) is 31.0 Å². The standard InChI is InChI=1S/C45H35F6N11O4/c46-44(47,48)27-5-1-7-32(17-27)61-34-23-58(39(63)36(34)38(57-41(61)65)26-9-11-30(19-52)55-21-26)15-3-13-54-14-4-16-59-24-35-37(40(59)64)43(29-10-12-31(20-53)56-22-29)25-60(43)42(66)62(35)33-8-2-6-28(18-33)45(49,50)51/h1-2,5-12,17-18,21-22,38,54H,3-4,13-16,23-25H2,(H,57,65). The molecular formula is C45H35F6N11O4. The van der Waals surface area contributed by atoms with Crippen LogP contribution in [0.1, 0.15) is 52.5 Å². The molecule has 21 heteroatoms. The monoisotopic (exact) mass is 907 g/mol. The molecule has 0 bridgehead atoms. The molecule has 1 saturated heterocycles. The van der Waals surface area contributed by atoms with Gasteiger partial charge in [-0.15, -0.1) is 0 Å². The molecule has 5 aliphatic rings. The van der Waals surface area contributed by atoms with Crippen LogP contribution in [0, 0.1) is 22.7 Å². The molecule has 1 fully saturated rings. The summed E-state index contributed by atoms with van der Waals surface area (Å²) in [4.78, 5) is 70.8. The van der Waals surface area contributed by atoms with Crippen molar-refractivity contribution < 1.29 is 45.5 Å². The van der Waals surface area contributed by atoms with Gasteiger partial charge in [0.2, 0.25) is 0 Å². The first-order valence-electron chi connectivity index (χ1n) is 20.6. The van der Waals surface area contributed by atoms with E-state index in [1.54, 1.807) is 12.1 Å². The quantitative estimate of drug-likeness (QED) is 0.0988. The van der Waals surface area contributed by atoms with E-state index < -0.39 is 58.9 Å². The number of hydrogen-bond acceptors (Lipinski definition) is 9. The Morgan fingerprint density at radius 1 is 0.727 bits per heavy atom. The molecule has 9 rings (SSSR count). The van der Waals surface area contributed by atoms with Crippen LogP contribution in [0.4, 0.5) is 47.3 Å². The molecule has 336 valence electrons. The number of anilines is 2. The van der Waals surface area contributed by atoms with E-state index in [4.69, 9.17) is 0 Å². The molecule has 0 radical (unpaired) electrons. The average Bonchev–Trinajstić information content (AvgIpc) is 3.87. The largest absolute Gasteiger partial charge is 0.416 e. The van der Waals surface area contributed by atoms with Crippen LogP contribution in [0.2, 0.25) is 0 Å². The predicted octanol–water partition coefficient (Wildman–Crippen LogP) is 5.94. The molecule has 6 amide bonds. The molecule has 15 nitrogen and oxygen atoms in total. The Bertz CT molecular complexity index is 2830. The molecule has 2 atom stereocenters. The topological polar surface area (TPSA) is 182 Å². The molecule has 66 heavy (non-hydrogen) atoms. The van der Waals surface area contributed by atoms with Gasteiger partial charge in [-0.3, -0.25) is 19.4 Å². The Balaban J connectivity index is 0.860. The molecular weight excluding hydrogens is 873 g/mol. The minimum Gasteiger partial charge on any atom is -0.333 e. The Kier molecular flexibility index (Phi) is 10.8. The van der Waals surface area contributed by atoms with Crippen molar-refractivity contribution >= 4 is 35.3 Å². The summed E-state index contributed by atoms with van der Waals surface area (Å²) < 4.78 is 82.5. The van der Waals surface area contributed by atoms with Crippen molar-refractivity contribution in [2.45, 2.75) is 36.8 Å². The fourth-order valence-corrected chi connectivity index (χ4v) is 9.03. The van der Waals surface area contributed by atoms with Crippen LogP contribution < -0.4 is 20.4 Å². The lowest BCUT2D eigenvalue weighted by molar-refractivity contribution is -0.138. The lowest BCUT2D eigenvalue weighted by atomic mass is 9.89. The van der Waals surface area contributed by atoms with E-state index in [1.807, 2.05) is 12.1 Å². The minimum absolute atomic E-state index is 0.0438. The summed E-state index contributed by atoms with van der Waals surface area (Å²) in [6.45, 7) is 1.16. The van der Waals surface area contributed by atoms with Crippen LogP contribution in [0.15, 0.2) is 108 Å². The lowest BCUT2D eigenvalue weighted by Crippen LogP contribution is -2.47. The molecule has 2 N–H and O–H groups in total. The summed E-state index contributed by atoms with van der Waals surface area (Å²) in [5.41, 5.74) is -1.30. The van der Waals surface area contributed by atoms with Crippen molar-refractivity contribution in [3.63, 3.8) is 0 Å². The van der Waals surface area contributed by atoms with E-state index in [0.29, 0.717) is 37.1 Å². The summed E-state index contributed by atoms with van der Waals surface area (Å²) in [7, 11) is 0. The highest BCUT2D eigenvalue weighted by atomic mass is 19.4. The Morgan fingerprint density at radius 3 is 1.86 bits per heavy atom. The van der Waals surface area contributed by atoms with Gasteiger partial charge < -0.3 is 25.3 Å². The Morgan fingerprint density at radius 2 is 1.30 bits per heavy atom. The van der Waals surface area contributed by atoms with Crippen molar-refractivity contribution in [3.8, 4) is 12.1 Å². The normalized spacial score (nSPS) is 20.4. The van der Waals surface area contributed by atoms with Crippen LogP contribution in [0.5, 0.6) is 0 Å². The maximum absolute atomic E-state index is 14.3. The van der Waals surface area contributed by atoms with Gasteiger partial charge in [0.1, 0.15) is 29.1 Å². The predicted molar refractivity (Wildman–Crippen MR) is 220 cm³/mol. The zero-order valence-electron chi connectivity index (χ0n) is 34.4. The number of nitrogens with zero attached hydrogens (tertiary/aromatic N) is 9. The van der Waals surface area contributed by atoms with Gasteiger partial charge in [-0.1, -0.05) is 24.3 Å². The molecule has 0 spiro atoms. The highest BCUT2D eigenvalue weighted by Crippen LogP contribution is 2.56. The van der Waals surface area contributed by atoms with Crippen molar-refractivity contribution in [2.24, 2.45) is 0 Å². The van der Waals surface area contributed by atoms with Crippen molar-refractivity contribution in [2.75, 3.05) is 55.6 Å². The van der Waals surface area contributed by atoms with E-state index in [1.165, 1.54) is 63.5 Å². The van der Waals surface area contributed by atoms with E-state index >= 15 is 0 Å². The number of carbonyl (C=O) groups excluding carboxylic acids is 4. The highest BCUT2D eigenvalue weighted by Gasteiger charge is 2.68. The number of nitrogens with one attached hydrogen (secondary N) is 2. The third-order valence-corrected chi connectivity index (χ3v) is 12.2. The first-order chi connectivity index (χ1) is 31.5. The van der Waals surface area contributed by atoms with E-state index in [0.717, 1.165) is 34.1 Å². The second-order valence-corrected chi connectivity index (χ2v) is 16.1. The second-order valence-electron chi connectivity index (χ2n) is 16.1. The first-order valence-corrected chi connectivity index (χ1v) is 20.6. The van der Waals surface area contributed by atoms with Crippen molar-refractivity contribution in [1.29, 1.82) is 10.5 Å². The number of alkyl halides is 6. The van der Waals surface area contributed by atoms with Gasteiger partial charge in [0.05, 0.1) is 70.7 Å². The summed E-state index contributed by atoms with van der Waals surface area (Å²) in [6.07, 6.45) is -5.75. The summed E-state index contributed by atoms with van der Waals surface area (Å²) >= 11 is 0. The van der Waals surface area contributed by atoms with E-state index in [-0.39, 0.29) is 78.0 Å². The molecule has 0 aliphatic carbocycles. The van der Waals surface area contributed by atoms with Gasteiger partial charge in [0.25, 0.3) is 11.8 Å². The van der Waals surface area contributed by atoms with Gasteiger partial charge >= 0.3 is 24.4 Å². The van der Waals surface area contributed by atoms with Crippen molar-refractivity contribution in [1.82, 2.24) is 35.3 Å². The number of rotatable bonds is 12. The number of halogens is 6. The molecule has 2 aromatic carbocycles. The number of aromatic nitrogens is 2. The Hall–Kier alpha value is -7.78. The number of benzene rings is 2. The number of nitriles is 2. The van der Waals surface area contributed by atoms with Gasteiger partial charge in [-0.25, -0.2) is 19.6 Å². The number of urea groups is 2. The lowest BCUT2D eigenvalue weighted by Gasteiger charge is -2.33. The van der Waals surface area contributed by atoms with Crippen LogP contribution in [-0.4, -0.2) is 94.4 Å². The number of pyridine rings is 2. The zero-order chi connectivity index (χ0) is 46.7. The maximum Gasteiger partial charge on any atom is 0.416 e. The van der Waals surface area contributed by atoms with Gasteiger partial charge in [0.15, 0.2) is 0 Å². The average molecular weight is 908 g/mol. The van der Waals surface area contributed by atoms with Crippen LogP contribution in [0.25, 0.3) is 0 Å². The highest BCUT2D eigenvalue weighted by molar-refractivity contribution is 6.11. The SMILES string of the molecule is N#Cc1ccc(C2NC(=O)N(c3cccc(C(F)(F)F)c3)C3=C2C(=O)N(CCCNCCCN2CC4=C(C2=O)C2(c5ccc(C#N)nc5)CN2C(=O)N4c2cccc(C(F)(F)F)c2)C3)cn1. The van der Waals surface area contributed by atoms with Crippen LogP contribution in [-0.2, 0) is 27.5 Å². The number of carbonyl (C=O) groups is 4. The number of fused-ring (bicyclic) bond motifs is 2. The zero-order valence-corrected chi connectivity index (χ0v) is 34.4. The summed E-state index contributed by atoms with van der Waals surface area (Å²) in [5.74, 6) is -0.839. The van der Waals surface area contributed by atoms with Gasteiger partial charge in [-0.05, 0) is 80.0 Å². The molecule has 4 aromatic rings.